The lowest BCUT2D eigenvalue weighted by Crippen LogP contribution is -2.38. The fourth-order valence-electron chi connectivity index (χ4n) is 3.10. The van der Waals surface area contributed by atoms with Gasteiger partial charge in [-0.2, -0.15) is 0 Å². The third-order valence-corrected chi connectivity index (χ3v) is 6.91. The van der Waals surface area contributed by atoms with E-state index in [1.54, 1.807) is 0 Å². The fourth-order valence-corrected chi connectivity index (χ4v) is 5.66. The van der Waals surface area contributed by atoms with Crippen LogP contribution in [0.1, 0.15) is 6.92 Å². The first-order valence-electron chi connectivity index (χ1n) is 8.85. The van der Waals surface area contributed by atoms with Crippen molar-refractivity contribution in [2.24, 2.45) is 0 Å². The average molecular weight is 349 g/mol. The zero-order valence-corrected chi connectivity index (χ0v) is 15.8. The molecule has 3 rings (SSSR count). The van der Waals surface area contributed by atoms with E-state index in [2.05, 4.69) is 97.5 Å². The van der Waals surface area contributed by atoms with Gasteiger partial charge in [0.1, 0.15) is 0 Å². The Hall–Kier alpha value is -1.21. The zero-order chi connectivity index (χ0) is 17.5. The smallest absolute Gasteiger partial charge is 0.0211 e. The highest BCUT2D eigenvalue weighted by molar-refractivity contribution is 7.76. The van der Waals surface area contributed by atoms with E-state index in [1.807, 2.05) is 7.05 Å². The number of benzene rings is 2. The molecular weight excluding hydrogens is 323 g/mol. The number of rotatable bonds is 8. The first kappa shape index (κ1) is 18.6. The molecule has 1 aliphatic carbocycles. The summed E-state index contributed by atoms with van der Waals surface area (Å²) in [6, 6.07) is 22.1. The molecular formula is C22H26N2P. The highest BCUT2D eigenvalue weighted by atomic mass is 31.1. The molecule has 25 heavy (non-hydrogen) atoms. The summed E-state index contributed by atoms with van der Waals surface area (Å²) in [6.45, 7) is 4.21. The Morgan fingerprint density at radius 1 is 0.840 bits per heavy atom. The highest BCUT2D eigenvalue weighted by Crippen LogP contribution is 2.56. The Morgan fingerprint density at radius 2 is 1.44 bits per heavy atom. The maximum absolute atomic E-state index is 3.63. The normalized spacial score (nSPS) is 17.2. The van der Waals surface area contributed by atoms with E-state index in [0.29, 0.717) is 6.04 Å². The summed E-state index contributed by atoms with van der Waals surface area (Å²) in [5, 5.41) is 9.63. The Balaban J connectivity index is 1.85. The van der Waals surface area contributed by atoms with Crippen LogP contribution in [0.2, 0.25) is 0 Å². The monoisotopic (exact) mass is 349 g/mol. The summed E-state index contributed by atoms with van der Waals surface area (Å²) in [5.74, 6) is 1.41. The van der Waals surface area contributed by atoms with Crippen LogP contribution < -0.4 is 21.2 Å². The number of nitrogens with one attached hydrogen (secondary N) is 2. The minimum absolute atomic E-state index is 0.343. The number of hydrogen-bond acceptors (Lipinski definition) is 2. The van der Waals surface area contributed by atoms with Gasteiger partial charge in [0.2, 0.25) is 0 Å². The second-order valence-corrected chi connectivity index (χ2v) is 8.34. The van der Waals surface area contributed by atoms with Gasteiger partial charge in [-0.1, -0.05) is 60.7 Å². The topological polar surface area (TPSA) is 24.1 Å². The van der Waals surface area contributed by atoms with Crippen LogP contribution in [0.5, 0.6) is 0 Å². The van der Waals surface area contributed by atoms with E-state index in [4.69, 9.17) is 0 Å². The second-order valence-electron chi connectivity index (χ2n) is 6.15. The SMILES string of the molecule is CNCCNC(C)[C]1[CH][CH][CH][C]1P(c1ccccc1)c1ccccc1. The van der Waals surface area contributed by atoms with Crippen molar-refractivity contribution in [3.8, 4) is 0 Å². The largest absolute Gasteiger partial charge is 0.318 e. The van der Waals surface area contributed by atoms with E-state index in [9.17, 15) is 0 Å². The minimum atomic E-state index is -0.536. The van der Waals surface area contributed by atoms with E-state index in [0.717, 1.165) is 13.1 Å². The highest BCUT2D eigenvalue weighted by Gasteiger charge is 2.39. The average Bonchev–Trinajstić information content (AvgIpc) is 3.13. The molecule has 1 aliphatic rings. The van der Waals surface area contributed by atoms with E-state index in [1.165, 1.54) is 22.2 Å². The van der Waals surface area contributed by atoms with Crippen molar-refractivity contribution >= 4 is 18.5 Å². The Labute approximate surface area is 154 Å². The maximum atomic E-state index is 3.63. The molecule has 3 heteroatoms. The zero-order valence-electron chi connectivity index (χ0n) is 14.9. The third kappa shape index (κ3) is 4.70. The predicted octanol–water partition coefficient (Wildman–Crippen LogP) is 3.05. The lowest BCUT2D eigenvalue weighted by Gasteiger charge is -2.32. The first-order chi connectivity index (χ1) is 12.3. The van der Waals surface area contributed by atoms with Crippen molar-refractivity contribution in [1.82, 2.24) is 10.6 Å². The Kier molecular flexibility index (Phi) is 7.04. The van der Waals surface area contributed by atoms with Crippen molar-refractivity contribution in [2.45, 2.75) is 13.0 Å². The molecule has 0 bridgehead atoms. The summed E-state index contributed by atoms with van der Waals surface area (Å²) in [4.78, 5) is 0. The molecule has 1 fully saturated rings. The summed E-state index contributed by atoms with van der Waals surface area (Å²) in [5.41, 5.74) is 1.46. The van der Waals surface area contributed by atoms with Crippen LogP contribution in [0, 0.1) is 30.8 Å². The minimum Gasteiger partial charge on any atom is -0.318 e. The molecule has 1 unspecified atom stereocenters. The number of hydrogen-bond donors (Lipinski definition) is 2. The van der Waals surface area contributed by atoms with Crippen LogP contribution in [0.4, 0.5) is 0 Å². The molecule has 129 valence electrons. The molecule has 0 aromatic heterocycles. The Bertz CT molecular complexity index is 577. The third-order valence-electron chi connectivity index (χ3n) is 4.39. The van der Waals surface area contributed by atoms with Crippen LogP contribution in [-0.2, 0) is 0 Å². The molecule has 1 saturated carbocycles. The van der Waals surface area contributed by atoms with Gasteiger partial charge in [0.15, 0.2) is 0 Å². The molecule has 2 nitrogen and oxygen atoms in total. The van der Waals surface area contributed by atoms with Gasteiger partial charge in [0.25, 0.3) is 0 Å². The van der Waals surface area contributed by atoms with Gasteiger partial charge in [0, 0.05) is 30.7 Å². The van der Waals surface area contributed by atoms with Gasteiger partial charge < -0.3 is 10.6 Å². The maximum Gasteiger partial charge on any atom is 0.0211 e. The summed E-state index contributed by atoms with van der Waals surface area (Å²) < 4.78 is 0. The van der Waals surface area contributed by atoms with Crippen LogP contribution in [0.25, 0.3) is 0 Å². The lowest BCUT2D eigenvalue weighted by molar-refractivity contribution is 0.566. The standard InChI is InChI=1S/C22H26N2P/c1-18(24-17-16-23-2)21-14-9-15-22(21)25(19-10-5-3-6-11-19)20-12-7-4-8-13-20/h3-15,18,23-24H,16-17H2,1-2H3. The molecule has 0 aliphatic heterocycles. The molecule has 5 radical (unpaired) electrons. The van der Waals surface area contributed by atoms with Crippen molar-refractivity contribution < 1.29 is 0 Å². The molecule has 2 aromatic carbocycles. The van der Waals surface area contributed by atoms with Gasteiger partial charge >= 0.3 is 0 Å². The van der Waals surface area contributed by atoms with Gasteiger partial charge in [-0.25, -0.2) is 0 Å². The van der Waals surface area contributed by atoms with Crippen molar-refractivity contribution in [3.63, 3.8) is 0 Å². The van der Waals surface area contributed by atoms with E-state index in [-0.39, 0.29) is 0 Å². The van der Waals surface area contributed by atoms with Crippen molar-refractivity contribution in [1.29, 1.82) is 0 Å². The molecule has 0 spiro atoms. The van der Waals surface area contributed by atoms with Crippen molar-refractivity contribution in [2.75, 3.05) is 20.1 Å². The lowest BCUT2D eigenvalue weighted by atomic mass is 9.99. The van der Waals surface area contributed by atoms with Crippen molar-refractivity contribution in [3.05, 3.63) is 91.5 Å². The van der Waals surface area contributed by atoms with Gasteiger partial charge in [-0.15, -0.1) is 0 Å². The molecule has 2 N–H and O–H groups in total. The van der Waals surface area contributed by atoms with Crippen LogP contribution in [0.15, 0.2) is 60.7 Å². The second kappa shape index (κ2) is 9.48. The molecule has 1 atom stereocenters. The molecule has 0 heterocycles. The molecule has 0 saturated heterocycles. The van der Waals surface area contributed by atoms with Gasteiger partial charge in [-0.05, 0) is 51.8 Å². The van der Waals surface area contributed by atoms with E-state index >= 15 is 0 Å². The van der Waals surface area contributed by atoms with Gasteiger partial charge in [0.05, 0.1) is 0 Å². The first-order valence-corrected chi connectivity index (χ1v) is 10.2. The summed E-state index contributed by atoms with van der Waals surface area (Å²) in [6.07, 6.45) is 6.77. The predicted molar refractivity (Wildman–Crippen MR) is 110 cm³/mol. The van der Waals surface area contributed by atoms with Crippen LogP contribution in [0.3, 0.4) is 0 Å². The Morgan fingerprint density at radius 3 is 2.00 bits per heavy atom. The summed E-state index contributed by atoms with van der Waals surface area (Å²) >= 11 is 0. The van der Waals surface area contributed by atoms with Crippen LogP contribution in [-0.4, -0.2) is 26.2 Å². The fraction of sp³-hybridized carbons (Fsp3) is 0.227. The van der Waals surface area contributed by atoms with E-state index < -0.39 is 7.92 Å². The van der Waals surface area contributed by atoms with Gasteiger partial charge in [-0.3, -0.25) is 0 Å². The summed E-state index contributed by atoms with van der Waals surface area (Å²) in [7, 11) is 1.45. The quantitative estimate of drug-likeness (QED) is 0.565. The number of likely N-dealkylation sites (N-methyl/N-ethyl adjacent to an activating group) is 1. The molecule has 0 amide bonds. The molecule has 2 aromatic rings. The van der Waals surface area contributed by atoms with Crippen LogP contribution >= 0.6 is 7.92 Å².